The standard InChI is InChI=1S/C12H18ClN3/c1-9-12(15-6-5-14-9)16-8-10-3-2-4-11(13)7-10/h5-6,10-11H,2-4,7-8H2,1H3,(H,15,16). The summed E-state index contributed by atoms with van der Waals surface area (Å²) in [6.45, 7) is 2.93. The molecule has 0 bridgehead atoms. The minimum absolute atomic E-state index is 0.364. The Kier molecular flexibility index (Phi) is 3.99. The summed E-state index contributed by atoms with van der Waals surface area (Å²) >= 11 is 6.17. The Morgan fingerprint density at radius 2 is 2.19 bits per heavy atom. The number of nitrogens with zero attached hydrogens (tertiary/aromatic N) is 2. The lowest BCUT2D eigenvalue weighted by molar-refractivity contribution is 0.378. The second kappa shape index (κ2) is 5.48. The van der Waals surface area contributed by atoms with E-state index in [2.05, 4.69) is 15.3 Å². The maximum absolute atomic E-state index is 6.17. The monoisotopic (exact) mass is 239 g/mol. The van der Waals surface area contributed by atoms with E-state index in [1.807, 2.05) is 6.92 Å². The fourth-order valence-corrected chi connectivity index (χ4v) is 2.64. The summed E-state index contributed by atoms with van der Waals surface area (Å²) < 4.78 is 0. The average molecular weight is 240 g/mol. The van der Waals surface area contributed by atoms with Crippen molar-refractivity contribution in [1.82, 2.24) is 9.97 Å². The lowest BCUT2D eigenvalue weighted by Crippen LogP contribution is -2.23. The van der Waals surface area contributed by atoms with E-state index in [0.29, 0.717) is 11.3 Å². The van der Waals surface area contributed by atoms with Crippen LogP contribution in [0.3, 0.4) is 0 Å². The van der Waals surface area contributed by atoms with Crippen LogP contribution >= 0.6 is 11.6 Å². The molecular weight excluding hydrogens is 222 g/mol. The molecule has 0 saturated heterocycles. The maximum Gasteiger partial charge on any atom is 0.147 e. The highest BCUT2D eigenvalue weighted by molar-refractivity contribution is 6.20. The van der Waals surface area contributed by atoms with E-state index in [4.69, 9.17) is 11.6 Å². The van der Waals surface area contributed by atoms with Gasteiger partial charge in [-0.2, -0.15) is 0 Å². The topological polar surface area (TPSA) is 37.8 Å². The zero-order valence-corrected chi connectivity index (χ0v) is 10.4. The molecule has 1 heterocycles. The largest absolute Gasteiger partial charge is 0.368 e. The molecule has 2 unspecified atom stereocenters. The molecule has 1 saturated carbocycles. The van der Waals surface area contributed by atoms with Gasteiger partial charge in [-0.1, -0.05) is 6.42 Å². The fraction of sp³-hybridized carbons (Fsp3) is 0.667. The highest BCUT2D eigenvalue weighted by Crippen LogP contribution is 2.27. The molecule has 1 N–H and O–H groups in total. The van der Waals surface area contributed by atoms with Gasteiger partial charge in [0.25, 0.3) is 0 Å². The molecule has 1 aliphatic rings. The summed E-state index contributed by atoms with van der Waals surface area (Å²) in [5.74, 6) is 1.58. The molecule has 2 rings (SSSR count). The van der Waals surface area contributed by atoms with Crippen LogP contribution in [-0.2, 0) is 0 Å². The molecule has 0 aromatic carbocycles. The van der Waals surface area contributed by atoms with Gasteiger partial charge in [-0.25, -0.2) is 4.98 Å². The third-order valence-corrected chi connectivity index (χ3v) is 3.55. The number of alkyl halides is 1. The minimum atomic E-state index is 0.364. The molecule has 88 valence electrons. The molecule has 0 spiro atoms. The molecule has 3 nitrogen and oxygen atoms in total. The first-order valence-corrected chi connectivity index (χ1v) is 6.35. The van der Waals surface area contributed by atoms with Crippen LogP contribution in [0, 0.1) is 12.8 Å². The van der Waals surface area contributed by atoms with Crippen LogP contribution < -0.4 is 5.32 Å². The SMILES string of the molecule is Cc1nccnc1NCC1CCCC(Cl)C1. The minimum Gasteiger partial charge on any atom is -0.368 e. The number of halogens is 1. The number of hydrogen-bond donors (Lipinski definition) is 1. The van der Waals surface area contributed by atoms with Gasteiger partial charge in [0, 0.05) is 24.3 Å². The van der Waals surface area contributed by atoms with Gasteiger partial charge in [0.15, 0.2) is 0 Å². The van der Waals surface area contributed by atoms with Gasteiger partial charge in [-0.15, -0.1) is 11.6 Å². The van der Waals surface area contributed by atoms with Gasteiger partial charge in [0.05, 0.1) is 5.69 Å². The van der Waals surface area contributed by atoms with Crippen molar-refractivity contribution in [3.05, 3.63) is 18.1 Å². The van der Waals surface area contributed by atoms with Crippen molar-refractivity contribution in [2.75, 3.05) is 11.9 Å². The molecule has 1 aromatic rings. The van der Waals surface area contributed by atoms with Gasteiger partial charge in [-0.3, -0.25) is 4.98 Å². The van der Waals surface area contributed by atoms with Gasteiger partial charge in [0.2, 0.25) is 0 Å². The molecule has 0 radical (unpaired) electrons. The van der Waals surface area contributed by atoms with Crippen LogP contribution in [0.2, 0.25) is 0 Å². The normalized spacial score (nSPS) is 25.4. The molecule has 1 aliphatic carbocycles. The smallest absolute Gasteiger partial charge is 0.147 e. The Morgan fingerprint density at radius 3 is 2.94 bits per heavy atom. The van der Waals surface area contributed by atoms with E-state index in [0.717, 1.165) is 24.5 Å². The third kappa shape index (κ3) is 3.08. The third-order valence-electron chi connectivity index (χ3n) is 3.16. The molecule has 4 heteroatoms. The van der Waals surface area contributed by atoms with Gasteiger partial charge in [0.1, 0.15) is 5.82 Å². The Balaban J connectivity index is 1.85. The zero-order valence-electron chi connectivity index (χ0n) is 9.62. The summed E-state index contributed by atoms with van der Waals surface area (Å²) in [6.07, 6.45) is 8.25. The molecule has 2 atom stereocenters. The van der Waals surface area contributed by atoms with Crippen LogP contribution in [0.1, 0.15) is 31.4 Å². The highest BCUT2D eigenvalue weighted by atomic mass is 35.5. The summed E-state index contributed by atoms with van der Waals surface area (Å²) in [7, 11) is 0. The first-order valence-electron chi connectivity index (χ1n) is 5.91. The van der Waals surface area contributed by atoms with E-state index >= 15 is 0 Å². The Hall–Kier alpha value is -0.830. The number of hydrogen-bond acceptors (Lipinski definition) is 3. The van der Waals surface area contributed by atoms with Crippen molar-refractivity contribution < 1.29 is 0 Å². The summed E-state index contributed by atoms with van der Waals surface area (Å²) in [4.78, 5) is 8.48. The first-order chi connectivity index (χ1) is 7.75. The van der Waals surface area contributed by atoms with Crippen molar-refractivity contribution in [2.45, 2.75) is 38.0 Å². The lowest BCUT2D eigenvalue weighted by Gasteiger charge is -2.25. The number of anilines is 1. The Bertz CT molecular complexity index is 343. The lowest BCUT2D eigenvalue weighted by atomic mass is 9.89. The van der Waals surface area contributed by atoms with Crippen LogP contribution in [0.15, 0.2) is 12.4 Å². The average Bonchev–Trinajstić information content (AvgIpc) is 2.28. The van der Waals surface area contributed by atoms with Gasteiger partial charge in [-0.05, 0) is 32.1 Å². The van der Waals surface area contributed by atoms with Crippen LogP contribution in [0.4, 0.5) is 5.82 Å². The van der Waals surface area contributed by atoms with Crippen molar-refractivity contribution in [3.8, 4) is 0 Å². The molecular formula is C12H18ClN3. The Labute approximate surface area is 102 Å². The predicted molar refractivity (Wildman–Crippen MR) is 66.9 cm³/mol. The van der Waals surface area contributed by atoms with Crippen LogP contribution in [0.25, 0.3) is 0 Å². The molecule has 16 heavy (non-hydrogen) atoms. The predicted octanol–water partition coefficient (Wildman–Crippen LogP) is 2.99. The van der Waals surface area contributed by atoms with Crippen molar-refractivity contribution in [2.24, 2.45) is 5.92 Å². The number of aromatic nitrogens is 2. The highest BCUT2D eigenvalue weighted by Gasteiger charge is 2.20. The second-order valence-corrected chi connectivity index (χ2v) is 5.12. The van der Waals surface area contributed by atoms with Crippen molar-refractivity contribution in [3.63, 3.8) is 0 Å². The summed E-state index contributed by atoms with van der Waals surface area (Å²) in [5.41, 5.74) is 0.959. The van der Waals surface area contributed by atoms with E-state index in [1.165, 1.54) is 19.3 Å². The number of nitrogens with one attached hydrogen (secondary N) is 1. The van der Waals surface area contributed by atoms with E-state index in [9.17, 15) is 0 Å². The maximum atomic E-state index is 6.17. The van der Waals surface area contributed by atoms with E-state index < -0.39 is 0 Å². The van der Waals surface area contributed by atoms with Gasteiger partial charge >= 0.3 is 0 Å². The Morgan fingerprint density at radius 1 is 1.38 bits per heavy atom. The van der Waals surface area contributed by atoms with E-state index in [-0.39, 0.29) is 0 Å². The first kappa shape index (κ1) is 11.6. The quantitative estimate of drug-likeness (QED) is 0.824. The number of aryl methyl sites for hydroxylation is 1. The van der Waals surface area contributed by atoms with Crippen LogP contribution in [-0.4, -0.2) is 21.9 Å². The molecule has 1 aromatic heterocycles. The summed E-state index contributed by atoms with van der Waals surface area (Å²) in [6, 6.07) is 0. The zero-order chi connectivity index (χ0) is 11.4. The molecule has 0 amide bonds. The second-order valence-electron chi connectivity index (χ2n) is 4.50. The molecule has 0 aliphatic heterocycles. The van der Waals surface area contributed by atoms with Crippen molar-refractivity contribution in [1.29, 1.82) is 0 Å². The van der Waals surface area contributed by atoms with Crippen LogP contribution in [0.5, 0.6) is 0 Å². The van der Waals surface area contributed by atoms with Gasteiger partial charge < -0.3 is 5.32 Å². The van der Waals surface area contributed by atoms with Crippen molar-refractivity contribution >= 4 is 17.4 Å². The summed E-state index contributed by atoms with van der Waals surface area (Å²) in [5, 5.41) is 3.74. The number of rotatable bonds is 3. The fourth-order valence-electron chi connectivity index (χ4n) is 2.23. The van der Waals surface area contributed by atoms with E-state index in [1.54, 1.807) is 12.4 Å². The molecule has 1 fully saturated rings.